The molecule has 2 aromatic carbocycles. The number of benzene rings is 2. The fraction of sp³-hybridized carbons (Fsp3) is 0.464. The molecule has 3 aromatic rings. The molecule has 0 aliphatic carbocycles. The van der Waals surface area contributed by atoms with E-state index in [9.17, 15) is 18.0 Å². The molecule has 1 aromatic heterocycles. The lowest BCUT2D eigenvalue weighted by atomic mass is 10.1. The summed E-state index contributed by atoms with van der Waals surface area (Å²) in [4.78, 5) is 26.2. The molecule has 2 heterocycles. The van der Waals surface area contributed by atoms with E-state index in [4.69, 9.17) is 9.47 Å². The first-order valence-electron chi connectivity index (χ1n) is 13.0. The van der Waals surface area contributed by atoms with Crippen LogP contribution < -0.4 is 15.0 Å². The zero-order chi connectivity index (χ0) is 29.1. The number of likely N-dealkylation sites (N-methyl/N-ethyl adjacent to an activating group) is 1. The summed E-state index contributed by atoms with van der Waals surface area (Å²) in [7, 11) is 3.77. The fourth-order valence-corrected chi connectivity index (χ4v) is 4.17. The molecule has 40 heavy (non-hydrogen) atoms. The Morgan fingerprint density at radius 3 is 2.27 bits per heavy atom. The molecule has 0 spiro atoms. The number of carbonyl (C=O) groups excluding carboxylic acids is 1. The van der Waals surface area contributed by atoms with Crippen molar-refractivity contribution < 1.29 is 27.4 Å². The molecule has 0 radical (unpaired) electrons. The number of nitrogens with one attached hydrogen (secondary N) is 1. The Balaban J connectivity index is 1.45. The highest BCUT2D eigenvalue weighted by Crippen LogP contribution is 2.35. The van der Waals surface area contributed by atoms with Gasteiger partial charge in [-0.2, -0.15) is 13.2 Å². The summed E-state index contributed by atoms with van der Waals surface area (Å²) in [6.45, 7) is 8.81. The molecule has 9 nitrogen and oxygen atoms in total. The van der Waals surface area contributed by atoms with Crippen molar-refractivity contribution in [1.82, 2.24) is 19.8 Å². The average molecular weight is 561 g/mol. The number of carbonyl (C=O) groups is 1. The normalized spacial score (nSPS) is 14.5. The fourth-order valence-electron chi connectivity index (χ4n) is 4.17. The maximum Gasteiger partial charge on any atom is 0.434 e. The van der Waals surface area contributed by atoms with Gasteiger partial charge in [0, 0.05) is 49.5 Å². The molecule has 1 fully saturated rings. The molecule has 0 bridgehead atoms. The summed E-state index contributed by atoms with van der Waals surface area (Å²) in [5.74, 6) is 0.173. The van der Waals surface area contributed by atoms with Crippen LogP contribution in [0.2, 0.25) is 0 Å². The van der Waals surface area contributed by atoms with Gasteiger partial charge in [0.2, 0.25) is 5.95 Å². The Morgan fingerprint density at radius 2 is 1.68 bits per heavy atom. The summed E-state index contributed by atoms with van der Waals surface area (Å²) >= 11 is 0. The Kier molecular flexibility index (Phi) is 8.57. The lowest BCUT2D eigenvalue weighted by Crippen LogP contribution is -2.50. The topological polar surface area (TPSA) is 83.1 Å². The Hall–Kier alpha value is -3.80. The summed E-state index contributed by atoms with van der Waals surface area (Å²) in [6, 6.07) is 11.7. The smallest absolute Gasteiger partial charge is 0.434 e. The molecule has 4 rings (SSSR count). The van der Waals surface area contributed by atoms with Crippen LogP contribution in [0.1, 0.15) is 26.5 Å². The second-order valence-electron chi connectivity index (χ2n) is 10.9. The number of ether oxygens (including phenoxy) is 2. The van der Waals surface area contributed by atoms with Crippen molar-refractivity contribution in [2.75, 3.05) is 63.6 Å². The molecule has 12 heteroatoms. The molecule has 216 valence electrons. The van der Waals surface area contributed by atoms with Crippen molar-refractivity contribution in [3.8, 4) is 5.75 Å². The van der Waals surface area contributed by atoms with Crippen LogP contribution in [0.25, 0.3) is 10.9 Å². The van der Waals surface area contributed by atoms with Gasteiger partial charge >= 0.3 is 12.3 Å². The monoisotopic (exact) mass is 560 g/mol. The number of hydrogen-bond acceptors (Lipinski definition) is 8. The highest BCUT2D eigenvalue weighted by molar-refractivity contribution is 5.84. The summed E-state index contributed by atoms with van der Waals surface area (Å²) in [6.07, 6.45) is -5.00. The van der Waals surface area contributed by atoms with Gasteiger partial charge in [-0.3, -0.25) is 0 Å². The molecule has 1 aliphatic heterocycles. The Morgan fingerprint density at radius 1 is 1.00 bits per heavy atom. The van der Waals surface area contributed by atoms with Crippen LogP contribution in [0, 0.1) is 0 Å². The number of aromatic nitrogens is 2. The first-order valence-corrected chi connectivity index (χ1v) is 13.0. The number of anilines is 3. The Bertz CT molecular complexity index is 1320. The number of alkyl halides is 3. The van der Waals surface area contributed by atoms with Gasteiger partial charge in [-0.15, -0.1) is 0 Å². The highest BCUT2D eigenvalue weighted by Gasteiger charge is 2.36. The van der Waals surface area contributed by atoms with Crippen molar-refractivity contribution in [2.24, 2.45) is 0 Å². The zero-order valence-electron chi connectivity index (χ0n) is 23.4. The predicted molar refractivity (Wildman–Crippen MR) is 148 cm³/mol. The van der Waals surface area contributed by atoms with Gasteiger partial charge in [-0.25, -0.2) is 14.8 Å². The van der Waals surface area contributed by atoms with Gasteiger partial charge in [0.15, 0.2) is 5.69 Å². The first kappa shape index (κ1) is 29.2. The summed E-state index contributed by atoms with van der Waals surface area (Å²) in [5, 5.41) is 2.77. The van der Waals surface area contributed by atoms with E-state index in [-0.39, 0.29) is 22.9 Å². The predicted octanol–water partition coefficient (Wildman–Crippen LogP) is 5.39. The van der Waals surface area contributed by atoms with E-state index in [0.717, 1.165) is 5.69 Å². The van der Waals surface area contributed by atoms with Crippen LogP contribution in [0.4, 0.5) is 35.3 Å². The Labute approximate surface area is 231 Å². The van der Waals surface area contributed by atoms with Gasteiger partial charge in [-0.05, 0) is 77.3 Å². The molecule has 1 amide bonds. The maximum absolute atomic E-state index is 13.9. The molecule has 1 saturated heterocycles. The minimum Gasteiger partial charge on any atom is -0.492 e. The number of halogens is 3. The second-order valence-corrected chi connectivity index (χ2v) is 10.9. The summed E-state index contributed by atoms with van der Waals surface area (Å²) < 4.78 is 52.9. The lowest BCUT2D eigenvalue weighted by molar-refractivity contribution is -0.139. The van der Waals surface area contributed by atoms with E-state index in [1.807, 2.05) is 51.9 Å². The number of amides is 1. The largest absolute Gasteiger partial charge is 0.492 e. The van der Waals surface area contributed by atoms with Crippen LogP contribution in [-0.2, 0) is 10.9 Å². The van der Waals surface area contributed by atoms with E-state index >= 15 is 0 Å². The molecule has 1 aliphatic rings. The van der Waals surface area contributed by atoms with E-state index in [2.05, 4.69) is 20.2 Å². The van der Waals surface area contributed by atoms with Crippen molar-refractivity contribution in [2.45, 2.75) is 32.5 Å². The van der Waals surface area contributed by atoms with Crippen LogP contribution in [0.5, 0.6) is 5.75 Å². The van der Waals surface area contributed by atoms with Gasteiger partial charge in [0.25, 0.3) is 0 Å². The third-order valence-corrected chi connectivity index (χ3v) is 6.16. The van der Waals surface area contributed by atoms with Crippen LogP contribution >= 0.6 is 0 Å². The minimum atomic E-state index is -4.68. The van der Waals surface area contributed by atoms with Crippen molar-refractivity contribution in [3.63, 3.8) is 0 Å². The lowest BCUT2D eigenvalue weighted by Gasteiger charge is -2.36. The number of nitrogens with zero attached hydrogens (tertiary/aromatic N) is 5. The number of fused-ring (bicyclic) bond motifs is 1. The molecular formula is C28H35F3N6O3. The van der Waals surface area contributed by atoms with E-state index in [1.54, 1.807) is 23.1 Å². The van der Waals surface area contributed by atoms with Crippen LogP contribution in [0.15, 0.2) is 42.5 Å². The number of hydrogen-bond donors (Lipinski definition) is 1. The van der Waals surface area contributed by atoms with Gasteiger partial charge in [0.1, 0.15) is 18.0 Å². The van der Waals surface area contributed by atoms with E-state index < -0.39 is 17.5 Å². The molecule has 0 saturated carbocycles. The van der Waals surface area contributed by atoms with Crippen molar-refractivity contribution >= 4 is 34.3 Å². The standard InChI is InChI=1S/C28H35F3N6O3/c1-27(2,3)40-26(38)37-14-12-36(13-15-37)20-8-6-19(7-9-20)32-25-33-23-11-10-21(39-17-16-35(4)5)18-22(23)24(34-25)28(29,30)31/h6-11,18H,12-17H2,1-5H3,(H,32,33,34). The molecule has 1 N–H and O–H groups in total. The maximum atomic E-state index is 13.9. The number of rotatable bonds is 7. The quantitative estimate of drug-likeness (QED) is 0.412. The molecule has 0 atom stereocenters. The number of piperazine rings is 1. The highest BCUT2D eigenvalue weighted by atomic mass is 19.4. The third kappa shape index (κ3) is 7.65. The van der Waals surface area contributed by atoms with Crippen LogP contribution in [0.3, 0.4) is 0 Å². The van der Waals surface area contributed by atoms with E-state index in [1.165, 1.54) is 12.1 Å². The van der Waals surface area contributed by atoms with E-state index in [0.29, 0.717) is 50.8 Å². The first-order chi connectivity index (χ1) is 18.8. The van der Waals surface area contributed by atoms with Gasteiger partial charge in [0.05, 0.1) is 5.52 Å². The van der Waals surface area contributed by atoms with Crippen LogP contribution in [-0.4, -0.2) is 84.9 Å². The second kappa shape index (κ2) is 11.7. The molecule has 0 unspecified atom stereocenters. The van der Waals surface area contributed by atoms with Crippen molar-refractivity contribution in [1.29, 1.82) is 0 Å². The molecular weight excluding hydrogens is 525 g/mol. The summed E-state index contributed by atoms with van der Waals surface area (Å²) in [5.41, 5.74) is 0.0659. The van der Waals surface area contributed by atoms with Crippen molar-refractivity contribution in [3.05, 3.63) is 48.2 Å². The third-order valence-electron chi connectivity index (χ3n) is 6.16. The zero-order valence-corrected chi connectivity index (χ0v) is 23.4. The van der Waals surface area contributed by atoms with Gasteiger partial charge < -0.3 is 29.5 Å². The van der Waals surface area contributed by atoms with Gasteiger partial charge in [-0.1, -0.05) is 0 Å². The SMILES string of the molecule is CN(C)CCOc1ccc2nc(Nc3ccc(N4CCN(C(=O)OC(C)(C)C)CC4)cc3)nc(C(F)(F)F)c2c1. The minimum absolute atomic E-state index is 0.124. The average Bonchev–Trinajstić information content (AvgIpc) is 2.87.